The van der Waals surface area contributed by atoms with E-state index in [1.54, 1.807) is 27.7 Å². The molecule has 1 saturated heterocycles. The van der Waals surface area contributed by atoms with Crippen LogP contribution in [-0.2, 0) is 33.4 Å². The third kappa shape index (κ3) is 14.8. The van der Waals surface area contributed by atoms with Crippen molar-refractivity contribution in [3.05, 3.63) is 0 Å². The van der Waals surface area contributed by atoms with Crippen LogP contribution in [0.15, 0.2) is 0 Å². The molecule has 0 spiro atoms. The second kappa shape index (κ2) is 22.0. The highest BCUT2D eigenvalue weighted by atomic mass is 16.6. The average Bonchev–Trinajstić information content (AvgIpc) is 3.00. The van der Waals surface area contributed by atoms with Crippen molar-refractivity contribution in [2.45, 2.75) is 162 Å². The fraction of sp³-hybridized carbons (Fsp3) is 0.853. The van der Waals surface area contributed by atoms with Gasteiger partial charge in [0.2, 0.25) is 17.7 Å². The zero-order chi connectivity index (χ0) is 34.8. The number of aliphatic hydroxyl groups excluding tert-OH is 2. The van der Waals surface area contributed by atoms with E-state index in [0.717, 1.165) is 32.6 Å². The summed E-state index contributed by atoms with van der Waals surface area (Å²) < 4.78 is 10.8. The molecule has 5 N–H and O–H groups in total. The molecule has 8 atom stereocenters. The van der Waals surface area contributed by atoms with Crippen molar-refractivity contribution in [2.24, 2.45) is 17.8 Å². The number of hydrogen-bond acceptors (Lipinski definition) is 9. The number of rotatable bonds is 18. The zero-order valence-electron chi connectivity index (χ0n) is 29.1. The van der Waals surface area contributed by atoms with Crippen molar-refractivity contribution in [3.63, 3.8) is 0 Å². The number of unbranched alkanes of at least 4 members (excludes halogenated alkanes) is 10. The van der Waals surface area contributed by atoms with Gasteiger partial charge in [-0.25, -0.2) is 4.79 Å². The minimum absolute atomic E-state index is 0.388. The molecule has 0 aliphatic carbocycles. The van der Waals surface area contributed by atoms with Crippen LogP contribution in [0.5, 0.6) is 0 Å². The Morgan fingerprint density at radius 1 is 0.783 bits per heavy atom. The first-order valence-electron chi connectivity index (χ1n) is 17.3. The fourth-order valence-corrected chi connectivity index (χ4v) is 5.63. The molecule has 0 aromatic heterocycles. The van der Waals surface area contributed by atoms with E-state index >= 15 is 0 Å². The van der Waals surface area contributed by atoms with Gasteiger partial charge in [-0.1, -0.05) is 105 Å². The molecule has 1 aliphatic rings. The van der Waals surface area contributed by atoms with Gasteiger partial charge >= 0.3 is 11.9 Å². The number of carbonyl (C=O) groups excluding carboxylic acids is 5. The lowest BCUT2D eigenvalue weighted by molar-refractivity contribution is -0.166. The maximum atomic E-state index is 13.5. The highest BCUT2D eigenvalue weighted by molar-refractivity contribution is 5.94. The first-order valence-corrected chi connectivity index (χ1v) is 17.3. The molecule has 0 aromatic carbocycles. The highest BCUT2D eigenvalue weighted by Gasteiger charge is 2.41. The van der Waals surface area contributed by atoms with Gasteiger partial charge in [0.05, 0.1) is 18.1 Å². The van der Waals surface area contributed by atoms with Crippen LogP contribution in [0.25, 0.3) is 0 Å². The highest BCUT2D eigenvalue weighted by Crippen LogP contribution is 2.25. The molecule has 12 nitrogen and oxygen atoms in total. The molecule has 3 amide bonds. The maximum Gasteiger partial charge on any atom is 0.332 e. The van der Waals surface area contributed by atoms with Crippen LogP contribution in [0.2, 0.25) is 0 Å². The summed E-state index contributed by atoms with van der Waals surface area (Å²) in [6.45, 7) is 10.8. The van der Waals surface area contributed by atoms with Gasteiger partial charge in [-0.15, -0.1) is 0 Å². The third-order valence-electron chi connectivity index (χ3n) is 8.75. The lowest BCUT2D eigenvalue weighted by atomic mass is 9.86. The molecular formula is C34H61N3O9. The monoisotopic (exact) mass is 655 g/mol. The molecule has 4 unspecified atom stereocenters. The quantitative estimate of drug-likeness (QED) is 0.109. The predicted molar refractivity (Wildman–Crippen MR) is 174 cm³/mol. The summed E-state index contributed by atoms with van der Waals surface area (Å²) in [5, 5.41) is 29.0. The van der Waals surface area contributed by atoms with E-state index in [1.165, 1.54) is 51.9 Å². The van der Waals surface area contributed by atoms with E-state index in [9.17, 15) is 34.2 Å². The Hall–Kier alpha value is -2.73. The van der Waals surface area contributed by atoms with Gasteiger partial charge in [0.15, 0.2) is 6.04 Å². The van der Waals surface area contributed by atoms with E-state index in [2.05, 4.69) is 22.9 Å². The predicted octanol–water partition coefficient (Wildman–Crippen LogP) is 3.30. The van der Waals surface area contributed by atoms with Gasteiger partial charge in [-0.2, -0.15) is 0 Å². The second-order valence-corrected chi connectivity index (χ2v) is 13.3. The summed E-state index contributed by atoms with van der Waals surface area (Å²) in [5.74, 6) is -5.92. The van der Waals surface area contributed by atoms with Gasteiger partial charge in [0, 0.05) is 12.8 Å². The molecule has 46 heavy (non-hydrogen) atoms. The van der Waals surface area contributed by atoms with Crippen LogP contribution in [0.3, 0.4) is 0 Å². The van der Waals surface area contributed by atoms with E-state index in [4.69, 9.17) is 9.47 Å². The molecule has 0 saturated carbocycles. The van der Waals surface area contributed by atoms with Crippen molar-refractivity contribution in [1.29, 1.82) is 0 Å². The fourth-order valence-electron chi connectivity index (χ4n) is 5.63. The molecular weight excluding hydrogens is 594 g/mol. The molecule has 1 rings (SSSR count). The number of amides is 3. The van der Waals surface area contributed by atoms with Crippen molar-refractivity contribution in [1.82, 2.24) is 16.0 Å². The number of aliphatic hydroxyl groups is 2. The average molecular weight is 656 g/mol. The molecule has 1 heterocycles. The molecule has 12 heteroatoms. The summed E-state index contributed by atoms with van der Waals surface area (Å²) in [7, 11) is 0. The molecule has 0 aromatic rings. The van der Waals surface area contributed by atoms with Crippen LogP contribution in [0.1, 0.15) is 126 Å². The molecule has 0 radical (unpaired) electrons. The van der Waals surface area contributed by atoms with E-state index in [1.807, 2.05) is 0 Å². The van der Waals surface area contributed by atoms with Crippen molar-refractivity contribution >= 4 is 29.7 Å². The Bertz CT molecular complexity index is 958. The number of esters is 2. The zero-order valence-corrected chi connectivity index (χ0v) is 29.1. The molecule has 0 bridgehead atoms. The van der Waals surface area contributed by atoms with Crippen LogP contribution < -0.4 is 16.0 Å². The Kier molecular flexibility index (Phi) is 19.7. The third-order valence-corrected chi connectivity index (χ3v) is 8.75. The smallest absolute Gasteiger partial charge is 0.332 e. The standard InChI is InChI=1S/C34H61N3O9/c1-8-9-10-11-12-13-14-15-16-17-18-19-27(40)22(4)30-23(5)31(41)36-28(21(2)3)32(42)37-29(24(6)38)33(43)35-26(34(44)46-30)20-45-25(7)39/h21-24,26-30,38,40H,8-20H2,1-7H3,(H,35,43)(H,36,41)(H,37,42)/t22?,23?,24-,26+,27?,28+,29+,30?/m1/s1. The molecule has 1 aliphatic heterocycles. The first-order chi connectivity index (χ1) is 21.7. The van der Waals surface area contributed by atoms with Crippen LogP contribution in [0, 0.1) is 17.8 Å². The first kappa shape index (κ1) is 41.3. The Morgan fingerprint density at radius 3 is 1.78 bits per heavy atom. The Labute approximate surface area is 275 Å². The van der Waals surface area contributed by atoms with Crippen LogP contribution in [0.4, 0.5) is 0 Å². The summed E-state index contributed by atoms with van der Waals surface area (Å²) in [6.07, 6.45) is 9.87. The van der Waals surface area contributed by atoms with Crippen LogP contribution >= 0.6 is 0 Å². The number of carbonyl (C=O) groups is 5. The summed E-state index contributed by atoms with van der Waals surface area (Å²) in [6, 6.07) is -4.03. The summed E-state index contributed by atoms with van der Waals surface area (Å²) in [4.78, 5) is 64.8. The van der Waals surface area contributed by atoms with Crippen LogP contribution in [-0.4, -0.2) is 82.9 Å². The normalized spacial score (nSPS) is 25.1. The topological polar surface area (TPSA) is 180 Å². The van der Waals surface area contributed by atoms with E-state index in [-0.39, 0.29) is 5.92 Å². The van der Waals surface area contributed by atoms with Gasteiger partial charge in [0.25, 0.3) is 0 Å². The lowest BCUT2D eigenvalue weighted by Gasteiger charge is -2.33. The minimum Gasteiger partial charge on any atom is -0.463 e. The van der Waals surface area contributed by atoms with Crippen molar-refractivity contribution in [2.75, 3.05) is 6.61 Å². The number of ether oxygens (including phenoxy) is 2. The lowest BCUT2D eigenvalue weighted by Crippen LogP contribution is -2.60. The number of cyclic esters (lactones) is 1. The van der Waals surface area contributed by atoms with E-state index < -0.39 is 84.5 Å². The van der Waals surface area contributed by atoms with Crippen molar-refractivity contribution < 1.29 is 43.7 Å². The maximum absolute atomic E-state index is 13.5. The van der Waals surface area contributed by atoms with Gasteiger partial charge < -0.3 is 35.6 Å². The SMILES string of the molecule is CCCCCCCCCCCCCC(O)C(C)C1OC(=O)[C@H](COC(C)=O)NC(=O)[C@H]([C@@H](C)O)NC(=O)[C@H](C(C)C)NC(=O)C1C. The second-order valence-electron chi connectivity index (χ2n) is 13.3. The summed E-state index contributed by atoms with van der Waals surface area (Å²) in [5.41, 5.74) is 0. The van der Waals surface area contributed by atoms with Gasteiger partial charge in [-0.3, -0.25) is 19.2 Å². The Balaban J connectivity index is 3.08. The largest absolute Gasteiger partial charge is 0.463 e. The number of nitrogens with one attached hydrogen (secondary N) is 3. The Morgan fingerprint density at radius 2 is 1.28 bits per heavy atom. The minimum atomic E-state index is -1.50. The van der Waals surface area contributed by atoms with E-state index in [0.29, 0.717) is 6.42 Å². The molecule has 266 valence electrons. The van der Waals surface area contributed by atoms with Gasteiger partial charge in [-0.05, 0) is 19.3 Å². The number of hydrogen-bond donors (Lipinski definition) is 5. The van der Waals surface area contributed by atoms with Crippen molar-refractivity contribution in [3.8, 4) is 0 Å². The molecule has 1 fully saturated rings. The summed E-state index contributed by atoms with van der Waals surface area (Å²) >= 11 is 0. The van der Waals surface area contributed by atoms with Gasteiger partial charge in [0.1, 0.15) is 24.8 Å².